The Morgan fingerprint density at radius 2 is 1.83 bits per heavy atom. The van der Waals surface area contributed by atoms with E-state index in [4.69, 9.17) is 9.72 Å². The fourth-order valence-corrected chi connectivity index (χ4v) is 4.83. The molecule has 0 saturated carbocycles. The van der Waals surface area contributed by atoms with Crippen LogP contribution in [0.2, 0.25) is 0 Å². The first-order valence-electron chi connectivity index (χ1n) is 12.6. The van der Waals surface area contributed by atoms with E-state index < -0.39 is 6.04 Å². The molecule has 0 radical (unpaired) electrons. The smallest absolute Gasteiger partial charge is 0.262 e. The van der Waals surface area contributed by atoms with Crippen LogP contribution in [0, 0.1) is 6.92 Å². The number of morpholine rings is 1. The standard InChI is InChI=1S/C28H34N4O4/c1-20-30-26-23(13-12-21-8-10-22(11-9-21)19-31-14-17-36-18-15-31)5-3-6-24(26)28(35)32(20)25(7-4-16-33)27(34)29-2/h3,5-6,8-11,16,25H,4,7,12-15,17-19H2,1-2H3,(H,29,34). The van der Waals surface area contributed by atoms with Crippen LogP contribution in [0.25, 0.3) is 10.9 Å². The van der Waals surface area contributed by atoms with Gasteiger partial charge < -0.3 is 14.8 Å². The van der Waals surface area contributed by atoms with Crippen LogP contribution in [0.4, 0.5) is 0 Å². The lowest BCUT2D eigenvalue weighted by atomic mass is 10.0. The summed E-state index contributed by atoms with van der Waals surface area (Å²) in [5.74, 6) is 0.156. The molecule has 1 amide bonds. The summed E-state index contributed by atoms with van der Waals surface area (Å²) >= 11 is 0. The van der Waals surface area contributed by atoms with Crippen molar-refractivity contribution >= 4 is 23.1 Å². The maximum Gasteiger partial charge on any atom is 0.262 e. The predicted molar refractivity (Wildman–Crippen MR) is 139 cm³/mol. The third-order valence-corrected chi connectivity index (χ3v) is 6.83. The van der Waals surface area contributed by atoms with E-state index in [9.17, 15) is 14.4 Å². The topological polar surface area (TPSA) is 93.5 Å². The Morgan fingerprint density at radius 3 is 2.53 bits per heavy atom. The van der Waals surface area contributed by atoms with Gasteiger partial charge in [0.05, 0.1) is 24.1 Å². The number of para-hydroxylation sites is 1. The van der Waals surface area contributed by atoms with E-state index in [1.807, 2.05) is 12.1 Å². The van der Waals surface area contributed by atoms with E-state index in [1.165, 1.54) is 22.7 Å². The summed E-state index contributed by atoms with van der Waals surface area (Å²) < 4.78 is 6.85. The first kappa shape index (κ1) is 25.7. The van der Waals surface area contributed by atoms with Crippen LogP contribution in [0.5, 0.6) is 0 Å². The van der Waals surface area contributed by atoms with Crippen molar-refractivity contribution in [2.75, 3.05) is 33.4 Å². The number of fused-ring (bicyclic) bond motifs is 1. The Morgan fingerprint density at radius 1 is 1.11 bits per heavy atom. The molecule has 4 rings (SSSR count). The van der Waals surface area contributed by atoms with Crippen LogP contribution in [-0.2, 0) is 33.7 Å². The van der Waals surface area contributed by atoms with Gasteiger partial charge in [-0.3, -0.25) is 19.1 Å². The zero-order chi connectivity index (χ0) is 25.5. The van der Waals surface area contributed by atoms with Crippen LogP contribution in [0.1, 0.15) is 41.4 Å². The van der Waals surface area contributed by atoms with Crippen molar-refractivity contribution in [3.8, 4) is 0 Å². The fourth-order valence-electron chi connectivity index (χ4n) is 4.83. The van der Waals surface area contributed by atoms with Crippen molar-refractivity contribution < 1.29 is 14.3 Å². The zero-order valence-electron chi connectivity index (χ0n) is 21.0. The van der Waals surface area contributed by atoms with E-state index in [0.29, 0.717) is 16.7 Å². The van der Waals surface area contributed by atoms with Crippen molar-refractivity contribution in [2.45, 2.75) is 45.2 Å². The molecular formula is C28H34N4O4. The molecule has 190 valence electrons. The van der Waals surface area contributed by atoms with Gasteiger partial charge in [-0.25, -0.2) is 4.98 Å². The number of amides is 1. The number of carbonyl (C=O) groups is 2. The lowest BCUT2D eigenvalue weighted by molar-refractivity contribution is -0.124. The molecule has 36 heavy (non-hydrogen) atoms. The van der Waals surface area contributed by atoms with Gasteiger partial charge >= 0.3 is 0 Å². The molecule has 0 spiro atoms. The van der Waals surface area contributed by atoms with Gasteiger partial charge in [0.1, 0.15) is 18.2 Å². The molecule has 1 unspecified atom stereocenters. The van der Waals surface area contributed by atoms with Gasteiger partial charge in [0.15, 0.2) is 0 Å². The van der Waals surface area contributed by atoms with E-state index in [2.05, 4.69) is 34.5 Å². The van der Waals surface area contributed by atoms with Crippen molar-refractivity contribution in [3.63, 3.8) is 0 Å². The number of benzene rings is 2. The number of likely N-dealkylation sites (N-methyl/N-ethyl adjacent to an activating group) is 1. The SMILES string of the molecule is CNC(=O)C(CCC=O)n1c(C)nc2c(CCc3ccc(CN4CCOCC4)cc3)cccc2c1=O. The van der Waals surface area contributed by atoms with E-state index in [-0.39, 0.29) is 24.3 Å². The Bertz CT molecular complexity index is 1260. The second-order valence-electron chi connectivity index (χ2n) is 9.23. The molecular weight excluding hydrogens is 456 g/mol. The van der Waals surface area contributed by atoms with Crippen LogP contribution in [0.3, 0.4) is 0 Å². The highest BCUT2D eigenvalue weighted by Gasteiger charge is 2.24. The Labute approximate surface area is 211 Å². The molecule has 1 aliphatic heterocycles. The second-order valence-corrected chi connectivity index (χ2v) is 9.23. The molecule has 1 saturated heterocycles. The fraction of sp³-hybridized carbons (Fsp3) is 0.429. The minimum atomic E-state index is -0.774. The Kier molecular flexibility index (Phi) is 8.61. The maximum atomic E-state index is 13.4. The molecule has 8 heteroatoms. The van der Waals surface area contributed by atoms with Crippen molar-refractivity contribution in [2.24, 2.45) is 0 Å². The molecule has 8 nitrogen and oxygen atoms in total. The van der Waals surface area contributed by atoms with Crippen molar-refractivity contribution in [1.82, 2.24) is 19.8 Å². The molecule has 2 heterocycles. The van der Waals surface area contributed by atoms with Gasteiger partial charge in [0.25, 0.3) is 5.56 Å². The molecule has 1 atom stereocenters. The number of aromatic nitrogens is 2. The number of rotatable bonds is 10. The summed E-state index contributed by atoms with van der Waals surface area (Å²) in [6.45, 7) is 6.21. The third kappa shape index (κ3) is 5.88. The van der Waals surface area contributed by atoms with Crippen LogP contribution < -0.4 is 10.9 Å². The third-order valence-electron chi connectivity index (χ3n) is 6.83. The number of nitrogens with one attached hydrogen (secondary N) is 1. The normalized spacial score (nSPS) is 15.1. The molecule has 2 aromatic carbocycles. The lowest BCUT2D eigenvalue weighted by Crippen LogP contribution is -2.37. The van der Waals surface area contributed by atoms with Gasteiger partial charge in [-0.2, -0.15) is 0 Å². The molecule has 3 aromatic rings. The molecule has 1 aromatic heterocycles. The van der Waals surface area contributed by atoms with Crippen LogP contribution in [-0.4, -0.2) is 60.0 Å². The van der Waals surface area contributed by atoms with Gasteiger partial charge in [0.2, 0.25) is 5.91 Å². The number of nitrogens with zero attached hydrogens (tertiary/aromatic N) is 3. The van der Waals surface area contributed by atoms with E-state index >= 15 is 0 Å². The average Bonchev–Trinajstić information content (AvgIpc) is 2.90. The summed E-state index contributed by atoms with van der Waals surface area (Å²) in [5.41, 5.74) is 3.94. The zero-order valence-corrected chi connectivity index (χ0v) is 21.0. The summed E-state index contributed by atoms with van der Waals surface area (Å²) in [5, 5.41) is 3.09. The highest BCUT2D eigenvalue weighted by Crippen LogP contribution is 2.20. The summed E-state index contributed by atoms with van der Waals surface area (Å²) in [6, 6.07) is 13.6. The number of hydrogen-bond acceptors (Lipinski definition) is 6. The van der Waals surface area contributed by atoms with Crippen LogP contribution in [0.15, 0.2) is 47.3 Å². The lowest BCUT2D eigenvalue weighted by Gasteiger charge is -2.26. The molecule has 0 aliphatic carbocycles. The van der Waals surface area contributed by atoms with Gasteiger partial charge in [0, 0.05) is 33.1 Å². The molecule has 1 fully saturated rings. The quantitative estimate of drug-likeness (QED) is 0.439. The number of ether oxygens (including phenoxy) is 1. The number of aryl methyl sites for hydroxylation is 3. The van der Waals surface area contributed by atoms with Gasteiger partial charge in [-0.05, 0) is 48.9 Å². The highest BCUT2D eigenvalue weighted by atomic mass is 16.5. The number of aldehydes is 1. The minimum Gasteiger partial charge on any atom is -0.379 e. The minimum absolute atomic E-state index is 0.188. The summed E-state index contributed by atoms with van der Waals surface area (Å²) in [6.07, 6.45) is 2.78. The van der Waals surface area contributed by atoms with Crippen molar-refractivity contribution in [1.29, 1.82) is 0 Å². The summed E-state index contributed by atoms with van der Waals surface area (Å²) in [7, 11) is 1.53. The molecule has 0 bridgehead atoms. The first-order valence-corrected chi connectivity index (χ1v) is 12.6. The van der Waals surface area contributed by atoms with Crippen molar-refractivity contribution in [3.05, 3.63) is 75.3 Å². The van der Waals surface area contributed by atoms with Gasteiger partial charge in [-0.1, -0.05) is 36.4 Å². The van der Waals surface area contributed by atoms with Gasteiger partial charge in [-0.15, -0.1) is 0 Å². The maximum absolute atomic E-state index is 13.4. The number of hydrogen-bond donors (Lipinski definition) is 1. The predicted octanol–water partition coefficient (Wildman–Crippen LogP) is 2.59. The largest absolute Gasteiger partial charge is 0.379 e. The van der Waals surface area contributed by atoms with Crippen LogP contribution >= 0.6 is 0 Å². The Hall–Kier alpha value is -3.36. The Balaban J connectivity index is 1.53. The van der Waals surface area contributed by atoms with E-state index in [1.54, 1.807) is 13.0 Å². The average molecular weight is 491 g/mol. The molecule has 1 aliphatic rings. The molecule has 1 N–H and O–H groups in total. The first-order chi connectivity index (χ1) is 17.5. The highest BCUT2D eigenvalue weighted by molar-refractivity contribution is 5.83. The second kappa shape index (κ2) is 12.1. The van der Waals surface area contributed by atoms with E-state index in [0.717, 1.165) is 57.5 Å². The monoisotopic (exact) mass is 490 g/mol. The summed E-state index contributed by atoms with van der Waals surface area (Å²) in [4.78, 5) is 44.0. The number of carbonyl (C=O) groups excluding carboxylic acids is 2.